The van der Waals surface area contributed by atoms with Crippen LogP contribution in [0.2, 0.25) is 0 Å². The highest BCUT2D eigenvalue weighted by molar-refractivity contribution is 5.85. The molecule has 2 saturated carbocycles. The summed E-state index contributed by atoms with van der Waals surface area (Å²) in [6.07, 6.45) is 5.94. The number of halogens is 1. The zero-order valence-electron chi connectivity index (χ0n) is 15.8. The van der Waals surface area contributed by atoms with E-state index in [0.717, 1.165) is 36.7 Å². The summed E-state index contributed by atoms with van der Waals surface area (Å²) in [7, 11) is 1.77. The van der Waals surface area contributed by atoms with Gasteiger partial charge in [0.25, 0.3) is 0 Å². The molecule has 2 aliphatic carbocycles. The highest BCUT2D eigenvalue weighted by Gasteiger charge is 2.39. The molecule has 2 unspecified atom stereocenters. The third kappa shape index (κ3) is 3.78. The first-order chi connectivity index (χ1) is 12.5. The predicted octanol–water partition coefficient (Wildman–Crippen LogP) is 2.17. The van der Waals surface area contributed by atoms with Crippen LogP contribution in [0, 0.1) is 11.8 Å². The second kappa shape index (κ2) is 8.07. The highest BCUT2D eigenvalue weighted by Crippen LogP contribution is 2.39. The molecule has 2 fully saturated rings. The van der Waals surface area contributed by atoms with E-state index < -0.39 is 0 Å². The van der Waals surface area contributed by atoms with E-state index in [4.69, 9.17) is 5.73 Å². The van der Waals surface area contributed by atoms with Crippen LogP contribution in [0.5, 0.6) is 0 Å². The van der Waals surface area contributed by atoms with E-state index >= 15 is 0 Å². The maximum Gasteiger partial charge on any atom is 0.328 e. The lowest BCUT2D eigenvalue weighted by atomic mass is 9.67. The Bertz CT molecular complexity index is 860. The zero-order chi connectivity index (χ0) is 18.3. The van der Waals surface area contributed by atoms with Gasteiger partial charge in [-0.25, -0.2) is 4.79 Å². The zero-order valence-corrected chi connectivity index (χ0v) is 16.6. The molecule has 0 aliphatic heterocycles. The molecule has 6 nitrogen and oxygen atoms in total. The van der Waals surface area contributed by atoms with E-state index in [1.807, 2.05) is 24.3 Å². The summed E-state index contributed by atoms with van der Waals surface area (Å²) in [6.45, 7) is 0.410. The number of carbonyl (C=O) groups is 1. The summed E-state index contributed by atoms with van der Waals surface area (Å²) in [5, 5.41) is 3.27. The standard InChI is InChI=1S/C20H28N4O2.ClH/c1-23-16-7-2-3-8-17(16)24(20(23)26)10-9-18(25)22-19-13-5-4-6-14(19)12-15(21)11-13;/h2-3,7-8,13-15,19H,4-6,9-12,21H2,1H3,(H,22,25);1H. The van der Waals surface area contributed by atoms with E-state index in [0.29, 0.717) is 24.8 Å². The minimum Gasteiger partial charge on any atom is -0.353 e. The predicted molar refractivity (Wildman–Crippen MR) is 109 cm³/mol. The fraction of sp³-hybridized carbons (Fsp3) is 0.600. The highest BCUT2D eigenvalue weighted by atomic mass is 35.5. The van der Waals surface area contributed by atoms with Gasteiger partial charge in [-0.15, -0.1) is 12.4 Å². The number of fused-ring (bicyclic) bond motifs is 3. The number of benzene rings is 1. The average Bonchev–Trinajstić information content (AvgIpc) is 2.85. The third-order valence-corrected chi connectivity index (χ3v) is 6.32. The molecule has 4 rings (SSSR count). The van der Waals surface area contributed by atoms with Crippen LogP contribution in [-0.2, 0) is 18.4 Å². The van der Waals surface area contributed by atoms with Crippen LogP contribution in [0.4, 0.5) is 0 Å². The van der Waals surface area contributed by atoms with Crippen LogP contribution in [0.3, 0.4) is 0 Å². The normalized spacial score (nSPS) is 27.2. The monoisotopic (exact) mass is 392 g/mol. The summed E-state index contributed by atoms with van der Waals surface area (Å²) in [6, 6.07) is 8.25. The molecule has 0 spiro atoms. The second-order valence-electron chi connectivity index (χ2n) is 8.01. The van der Waals surface area contributed by atoms with Crippen molar-refractivity contribution in [1.82, 2.24) is 14.5 Å². The molecule has 148 valence electrons. The largest absolute Gasteiger partial charge is 0.353 e. The van der Waals surface area contributed by atoms with Gasteiger partial charge in [0.05, 0.1) is 11.0 Å². The minimum absolute atomic E-state index is 0. The Morgan fingerprint density at radius 1 is 1.19 bits per heavy atom. The van der Waals surface area contributed by atoms with Crippen molar-refractivity contribution in [3.8, 4) is 0 Å². The molecule has 3 N–H and O–H groups in total. The van der Waals surface area contributed by atoms with E-state index in [-0.39, 0.29) is 36.1 Å². The molecule has 1 aromatic heterocycles. The number of nitrogens with zero attached hydrogens (tertiary/aromatic N) is 2. The average molecular weight is 393 g/mol. The lowest BCUT2D eigenvalue weighted by Gasteiger charge is -2.45. The molecule has 0 saturated heterocycles. The number of hydrogen-bond donors (Lipinski definition) is 2. The number of carbonyl (C=O) groups excluding carboxylic acids is 1. The van der Waals surface area contributed by atoms with Crippen molar-refractivity contribution in [2.75, 3.05) is 0 Å². The van der Waals surface area contributed by atoms with Gasteiger partial charge in [-0.2, -0.15) is 0 Å². The van der Waals surface area contributed by atoms with Gasteiger partial charge in [0.15, 0.2) is 0 Å². The first kappa shape index (κ1) is 20.0. The van der Waals surface area contributed by atoms with Crippen LogP contribution in [0.15, 0.2) is 29.1 Å². The molecular weight excluding hydrogens is 364 g/mol. The van der Waals surface area contributed by atoms with Crippen molar-refractivity contribution < 1.29 is 4.79 Å². The van der Waals surface area contributed by atoms with Gasteiger partial charge in [0, 0.05) is 32.1 Å². The lowest BCUT2D eigenvalue weighted by molar-refractivity contribution is -0.123. The second-order valence-corrected chi connectivity index (χ2v) is 8.01. The van der Waals surface area contributed by atoms with Crippen LogP contribution in [0.25, 0.3) is 11.0 Å². The van der Waals surface area contributed by atoms with E-state index in [1.54, 1.807) is 16.2 Å². The molecule has 1 amide bonds. The number of hydrogen-bond acceptors (Lipinski definition) is 3. The summed E-state index contributed by atoms with van der Waals surface area (Å²) in [5.74, 6) is 1.07. The summed E-state index contributed by atoms with van der Waals surface area (Å²) < 4.78 is 3.34. The Morgan fingerprint density at radius 3 is 2.48 bits per heavy atom. The van der Waals surface area contributed by atoms with Gasteiger partial charge in [-0.3, -0.25) is 13.9 Å². The first-order valence-corrected chi connectivity index (χ1v) is 9.74. The number of aromatic nitrogens is 2. The molecule has 2 aliphatic rings. The summed E-state index contributed by atoms with van der Waals surface area (Å²) >= 11 is 0. The molecule has 0 radical (unpaired) electrons. The number of amides is 1. The van der Waals surface area contributed by atoms with Crippen molar-refractivity contribution in [2.24, 2.45) is 24.6 Å². The lowest BCUT2D eigenvalue weighted by Crippen LogP contribution is -2.53. The molecule has 2 atom stereocenters. The fourth-order valence-corrected chi connectivity index (χ4v) is 5.08. The number of para-hydroxylation sites is 2. The van der Waals surface area contributed by atoms with E-state index in [9.17, 15) is 9.59 Å². The van der Waals surface area contributed by atoms with Gasteiger partial charge in [-0.05, 0) is 49.7 Å². The molecule has 2 bridgehead atoms. The Morgan fingerprint density at radius 2 is 1.81 bits per heavy atom. The SMILES string of the molecule is Cl.Cn1c(=O)n(CCC(=O)NC2C3CCCC2CC(N)C3)c2ccccc21. The van der Waals surface area contributed by atoms with Crippen LogP contribution in [-0.4, -0.2) is 27.1 Å². The number of aryl methyl sites for hydroxylation is 2. The first-order valence-electron chi connectivity index (χ1n) is 9.74. The van der Waals surface area contributed by atoms with Gasteiger partial charge in [-0.1, -0.05) is 18.6 Å². The Balaban J connectivity index is 0.00000210. The van der Waals surface area contributed by atoms with Crippen molar-refractivity contribution in [3.05, 3.63) is 34.7 Å². The number of rotatable bonds is 4. The van der Waals surface area contributed by atoms with Crippen molar-refractivity contribution in [3.63, 3.8) is 0 Å². The van der Waals surface area contributed by atoms with E-state index in [1.165, 1.54) is 6.42 Å². The van der Waals surface area contributed by atoms with Gasteiger partial charge in [0.2, 0.25) is 5.91 Å². The van der Waals surface area contributed by atoms with Crippen molar-refractivity contribution in [1.29, 1.82) is 0 Å². The van der Waals surface area contributed by atoms with Gasteiger partial charge >= 0.3 is 5.69 Å². The quantitative estimate of drug-likeness (QED) is 0.836. The van der Waals surface area contributed by atoms with Gasteiger partial charge in [0.1, 0.15) is 0 Å². The van der Waals surface area contributed by atoms with Crippen LogP contribution in [0.1, 0.15) is 38.5 Å². The molecule has 1 aromatic carbocycles. The Labute approximate surface area is 165 Å². The molecule has 1 heterocycles. The van der Waals surface area contributed by atoms with Crippen LogP contribution >= 0.6 is 12.4 Å². The maximum absolute atomic E-state index is 12.6. The molecule has 27 heavy (non-hydrogen) atoms. The Kier molecular flexibility index (Phi) is 5.96. The smallest absolute Gasteiger partial charge is 0.328 e. The molecule has 7 heteroatoms. The fourth-order valence-electron chi connectivity index (χ4n) is 5.08. The number of imidazole rings is 1. The van der Waals surface area contributed by atoms with Crippen LogP contribution < -0.4 is 16.7 Å². The van der Waals surface area contributed by atoms with E-state index in [2.05, 4.69) is 5.32 Å². The molecule has 2 aromatic rings. The summed E-state index contributed by atoms with van der Waals surface area (Å²) in [4.78, 5) is 25.1. The number of nitrogens with one attached hydrogen (secondary N) is 1. The number of nitrogens with two attached hydrogens (primary N) is 1. The third-order valence-electron chi connectivity index (χ3n) is 6.32. The Hall–Kier alpha value is -1.79. The topological polar surface area (TPSA) is 82.0 Å². The van der Waals surface area contributed by atoms with Gasteiger partial charge < -0.3 is 11.1 Å². The van der Waals surface area contributed by atoms with Crippen molar-refractivity contribution >= 4 is 29.3 Å². The van der Waals surface area contributed by atoms with Crippen molar-refractivity contribution in [2.45, 2.75) is 57.2 Å². The summed E-state index contributed by atoms with van der Waals surface area (Å²) in [5.41, 5.74) is 7.88. The minimum atomic E-state index is -0.0699. The molecular formula is C20H29ClN4O2. The maximum atomic E-state index is 12.6.